The zero-order valence-corrected chi connectivity index (χ0v) is 12.4. The molecule has 0 atom stereocenters. The minimum Gasteiger partial charge on any atom is -0.267 e. The highest BCUT2D eigenvalue weighted by Gasteiger charge is 2.08. The van der Waals surface area contributed by atoms with E-state index in [1.807, 2.05) is 60.7 Å². The molecule has 112 valence electrons. The molecule has 0 radical (unpaired) electrons. The van der Waals surface area contributed by atoms with Gasteiger partial charge in [-0.2, -0.15) is 5.10 Å². The van der Waals surface area contributed by atoms with Crippen LogP contribution < -0.4 is 5.43 Å². The molecule has 0 saturated heterocycles. The molecule has 4 nitrogen and oxygen atoms in total. The van der Waals surface area contributed by atoms with Crippen molar-refractivity contribution in [2.24, 2.45) is 5.10 Å². The standard InChI is InChI=1S/C19H15N3O/c23-19(17-12-7-13-20-14-17)22-21-18(15-8-3-1-4-9-15)16-10-5-2-6-11-16/h1-14H,(H,22,23). The second kappa shape index (κ2) is 7.13. The summed E-state index contributed by atoms with van der Waals surface area (Å²) in [6, 6.07) is 22.9. The average molecular weight is 301 g/mol. The zero-order valence-electron chi connectivity index (χ0n) is 12.4. The van der Waals surface area contributed by atoms with E-state index in [9.17, 15) is 4.79 Å². The number of hydrazone groups is 1. The number of hydrogen-bond acceptors (Lipinski definition) is 3. The summed E-state index contributed by atoms with van der Waals surface area (Å²) in [5.74, 6) is -0.289. The average Bonchev–Trinajstić information content (AvgIpc) is 2.64. The molecule has 0 saturated carbocycles. The highest BCUT2D eigenvalue weighted by Crippen LogP contribution is 2.10. The molecule has 1 heterocycles. The SMILES string of the molecule is O=C(NN=C(c1ccccc1)c1ccccc1)c1cccnc1. The fourth-order valence-electron chi connectivity index (χ4n) is 2.16. The summed E-state index contributed by atoms with van der Waals surface area (Å²) < 4.78 is 0. The van der Waals surface area contributed by atoms with Crippen LogP contribution in [0.3, 0.4) is 0 Å². The minimum atomic E-state index is -0.289. The van der Waals surface area contributed by atoms with Crippen molar-refractivity contribution in [3.05, 3.63) is 102 Å². The molecule has 23 heavy (non-hydrogen) atoms. The van der Waals surface area contributed by atoms with Crippen molar-refractivity contribution in [2.75, 3.05) is 0 Å². The molecule has 2 aromatic carbocycles. The lowest BCUT2D eigenvalue weighted by molar-refractivity contribution is 0.0954. The van der Waals surface area contributed by atoms with Crippen LogP contribution in [0.5, 0.6) is 0 Å². The van der Waals surface area contributed by atoms with E-state index in [4.69, 9.17) is 0 Å². The van der Waals surface area contributed by atoms with E-state index in [0.29, 0.717) is 11.3 Å². The van der Waals surface area contributed by atoms with Crippen LogP contribution in [0.2, 0.25) is 0 Å². The first-order valence-corrected chi connectivity index (χ1v) is 7.23. The van der Waals surface area contributed by atoms with Gasteiger partial charge in [0.15, 0.2) is 0 Å². The Hall–Kier alpha value is -3.27. The summed E-state index contributed by atoms with van der Waals surface area (Å²) >= 11 is 0. The number of pyridine rings is 1. The minimum absolute atomic E-state index is 0.289. The molecule has 0 fully saturated rings. The number of amides is 1. The van der Waals surface area contributed by atoms with Crippen molar-refractivity contribution in [3.63, 3.8) is 0 Å². The van der Waals surface area contributed by atoms with Gasteiger partial charge < -0.3 is 0 Å². The van der Waals surface area contributed by atoms with Gasteiger partial charge in [-0.1, -0.05) is 60.7 Å². The Morgan fingerprint density at radius 1 is 0.783 bits per heavy atom. The van der Waals surface area contributed by atoms with Crippen molar-refractivity contribution in [1.82, 2.24) is 10.4 Å². The molecule has 0 aliphatic heterocycles. The van der Waals surface area contributed by atoms with Crippen molar-refractivity contribution in [3.8, 4) is 0 Å². The van der Waals surface area contributed by atoms with Gasteiger partial charge in [0.05, 0.1) is 11.3 Å². The van der Waals surface area contributed by atoms with Crippen molar-refractivity contribution in [1.29, 1.82) is 0 Å². The van der Waals surface area contributed by atoms with Gasteiger partial charge in [0.2, 0.25) is 0 Å². The van der Waals surface area contributed by atoms with Crippen LogP contribution in [0.1, 0.15) is 21.5 Å². The first kappa shape index (κ1) is 14.7. The molecule has 3 aromatic rings. The lowest BCUT2D eigenvalue weighted by Gasteiger charge is -2.08. The van der Waals surface area contributed by atoms with E-state index in [1.54, 1.807) is 18.3 Å². The quantitative estimate of drug-likeness (QED) is 0.594. The van der Waals surface area contributed by atoms with E-state index in [-0.39, 0.29) is 5.91 Å². The van der Waals surface area contributed by atoms with Gasteiger partial charge in [-0.15, -0.1) is 0 Å². The molecule has 3 rings (SSSR count). The second-order valence-corrected chi connectivity index (χ2v) is 4.88. The Morgan fingerprint density at radius 3 is 1.87 bits per heavy atom. The van der Waals surface area contributed by atoms with Gasteiger partial charge in [0, 0.05) is 23.5 Å². The Morgan fingerprint density at radius 2 is 1.35 bits per heavy atom. The van der Waals surface area contributed by atoms with Crippen molar-refractivity contribution in [2.45, 2.75) is 0 Å². The maximum Gasteiger partial charge on any atom is 0.272 e. The molecular formula is C19H15N3O. The molecule has 1 amide bonds. The van der Waals surface area contributed by atoms with E-state index < -0.39 is 0 Å². The van der Waals surface area contributed by atoms with Gasteiger partial charge in [0.25, 0.3) is 5.91 Å². The van der Waals surface area contributed by atoms with Crippen LogP contribution in [0.25, 0.3) is 0 Å². The third-order valence-electron chi connectivity index (χ3n) is 3.29. The van der Waals surface area contributed by atoms with Gasteiger partial charge in [-0.3, -0.25) is 9.78 Å². The lowest BCUT2D eigenvalue weighted by atomic mass is 10.0. The molecule has 0 aliphatic rings. The highest BCUT2D eigenvalue weighted by molar-refractivity contribution is 6.13. The summed E-state index contributed by atoms with van der Waals surface area (Å²) in [5.41, 5.74) is 5.66. The van der Waals surface area contributed by atoms with E-state index in [1.165, 1.54) is 6.20 Å². The maximum atomic E-state index is 12.2. The fourth-order valence-corrected chi connectivity index (χ4v) is 2.16. The third kappa shape index (κ3) is 3.68. The van der Waals surface area contributed by atoms with Crippen LogP contribution in [0.15, 0.2) is 90.3 Å². The number of nitrogens with one attached hydrogen (secondary N) is 1. The molecule has 0 aliphatic carbocycles. The number of carbonyl (C=O) groups excluding carboxylic acids is 1. The predicted octanol–water partition coefficient (Wildman–Crippen LogP) is 3.26. The van der Waals surface area contributed by atoms with Crippen LogP contribution in [0, 0.1) is 0 Å². The Bertz CT molecular complexity index is 758. The van der Waals surface area contributed by atoms with Gasteiger partial charge in [0.1, 0.15) is 0 Å². The molecule has 0 spiro atoms. The Kier molecular flexibility index (Phi) is 4.55. The Labute approximate surface area is 134 Å². The largest absolute Gasteiger partial charge is 0.272 e. The highest BCUT2D eigenvalue weighted by atomic mass is 16.2. The monoisotopic (exact) mass is 301 g/mol. The molecular weight excluding hydrogens is 286 g/mol. The number of rotatable bonds is 4. The van der Waals surface area contributed by atoms with E-state index >= 15 is 0 Å². The Balaban J connectivity index is 1.91. The number of benzene rings is 2. The molecule has 4 heteroatoms. The van der Waals surface area contributed by atoms with Gasteiger partial charge in [-0.05, 0) is 12.1 Å². The maximum absolute atomic E-state index is 12.2. The van der Waals surface area contributed by atoms with Crippen LogP contribution in [-0.2, 0) is 0 Å². The second-order valence-electron chi connectivity index (χ2n) is 4.88. The first-order chi connectivity index (χ1) is 11.3. The summed E-state index contributed by atoms with van der Waals surface area (Å²) in [6.45, 7) is 0. The number of carbonyl (C=O) groups is 1. The number of aromatic nitrogens is 1. The van der Waals surface area contributed by atoms with Crippen LogP contribution in [-0.4, -0.2) is 16.6 Å². The summed E-state index contributed by atoms with van der Waals surface area (Å²) in [6.07, 6.45) is 3.13. The zero-order chi connectivity index (χ0) is 15.9. The van der Waals surface area contributed by atoms with Gasteiger partial charge in [-0.25, -0.2) is 5.43 Å². The lowest BCUT2D eigenvalue weighted by Crippen LogP contribution is -2.20. The predicted molar refractivity (Wildman–Crippen MR) is 90.2 cm³/mol. The summed E-state index contributed by atoms with van der Waals surface area (Å²) in [4.78, 5) is 16.1. The van der Waals surface area contributed by atoms with E-state index in [0.717, 1.165) is 11.1 Å². The van der Waals surface area contributed by atoms with Crippen LogP contribution in [0.4, 0.5) is 0 Å². The third-order valence-corrected chi connectivity index (χ3v) is 3.29. The van der Waals surface area contributed by atoms with Crippen molar-refractivity contribution < 1.29 is 4.79 Å². The number of hydrogen-bond donors (Lipinski definition) is 1. The summed E-state index contributed by atoms with van der Waals surface area (Å²) in [5, 5.41) is 4.33. The normalized spacial score (nSPS) is 9.91. The topological polar surface area (TPSA) is 54.4 Å². The smallest absolute Gasteiger partial charge is 0.267 e. The van der Waals surface area contributed by atoms with Crippen LogP contribution >= 0.6 is 0 Å². The van der Waals surface area contributed by atoms with Gasteiger partial charge >= 0.3 is 0 Å². The van der Waals surface area contributed by atoms with E-state index in [2.05, 4.69) is 15.5 Å². The molecule has 1 N–H and O–H groups in total. The fraction of sp³-hybridized carbons (Fsp3) is 0. The van der Waals surface area contributed by atoms with Crippen molar-refractivity contribution >= 4 is 11.6 Å². The summed E-state index contributed by atoms with van der Waals surface area (Å²) in [7, 11) is 0. The number of nitrogens with zero attached hydrogens (tertiary/aromatic N) is 2. The molecule has 0 unspecified atom stereocenters. The molecule has 0 bridgehead atoms. The first-order valence-electron chi connectivity index (χ1n) is 7.23. The molecule has 1 aromatic heterocycles.